The highest BCUT2D eigenvalue weighted by atomic mass is 16.5. The summed E-state index contributed by atoms with van der Waals surface area (Å²) in [6, 6.07) is 8.77. The minimum absolute atomic E-state index is 0.579. The molecular formula is C15H20N2O2. The first-order valence-electron chi connectivity index (χ1n) is 6.58. The van der Waals surface area contributed by atoms with Crippen molar-refractivity contribution in [1.29, 1.82) is 0 Å². The van der Waals surface area contributed by atoms with Gasteiger partial charge in [-0.15, -0.1) is 0 Å². The summed E-state index contributed by atoms with van der Waals surface area (Å²) in [4.78, 5) is 4.39. The van der Waals surface area contributed by atoms with Crippen LogP contribution in [-0.4, -0.2) is 18.6 Å². The molecule has 0 aliphatic heterocycles. The van der Waals surface area contributed by atoms with Crippen LogP contribution >= 0.6 is 0 Å². The summed E-state index contributed by atoms with van der Waals surface area (Å²) in [5.41, 5.74) is 2.26. The summed E-state index contributed by atoms with van der Waals surface area (Å²) >= 11 is 0. The van der Waals surface area contributed by atoms with Gasteiger partial charge in [0.15, 0.2) is 0 Å². The lowest BCUT2D eigenvalue weighted by Gasteiger charge is -2.05. The molecule has 4 nitrogen and oxygen atoms in total. The Balaban J connectivity index is 2.01. The first-order chi connectivity index (χ1) is 9.22. The summed E-state index contributed by atoms with van der Waals surface area (Å²) in [6.07, 6.45) is 1.80. The average Bonchev–Trinajstić information content (AvgIpc) is 2.78. The second-order valence-corrected chi connectivity index (χ2v) is 4.35. The third kappa shape index (κ3) is 3.50. The van der Waals surface area contributed by atoms with Gasteiger partial charge >= 0.3 is 0 Å². The molecule has 1 N–H and O–H groups in total. The number of aryl methyl sites for hydroxylation is 3. The molecule has 0 amide bonds. The summed E-state index contributed by atoms with van der Waals surface area (Å²) in [6.45, 7) is 4.63. The van der Waals surface area contributed by atoms with Crippen molar-refractivity contribution in [3.05, 3.63) is 41.3 Å². The minimum atomic E-state index is 0.579. The van der Waals surface area contributed by atoms with Crippen molar-refractivity contribution >= 4 is 6.01 Å². The number of oxazole rings is 1. The van der Waals surface area contributed by atoms with Crippen molar-refractivity contribution in [1.82, 2.24) is 4.98 Å². The standard InChI is InChI=1S/C15H20N2O2/c1-4-18-13-7-5-6-12(10-13)8-9-14-11(2)19-15(16-3)17-14/h5-7,10H,4,8-9H2,1-3H3,(H,16,17). The average molecular weight is 260 g/mol. The number of benzene rings is 1. The second-order valence-electron chi connectivity index (χ2n) is 4.35. The van der Waals surface area contributed by atoms with E-state index in [0.717, 1.165) is 30.0 Å². The normalized spacial score (nSPS) is 10.5. The van der Waals surface area contributed by atoms with Gasteiger partial charge in [-0.25, -0.2) is 0 Å². The highest BCUT2D eigenvalue weighted by Gasteiger charge is 2.08. The van der Waals surface area contributed by atoms with E-state index in [1.807, 2.05) is 26.0 Å². The van der Waals surface area contributed by atoms with E-state index in [4.69, 9.17) is 9.15 Å². The van der Waals surface area contributed by atoms with Gasteiger partial charge in [0.1, 0.15) is 11.5 Å². The van der Waals surface area contributed by atoms with Gasteiger partial charge in [0.25, 0.3) is 6.01 Å². The fraction of sp³-hybridized carbons (Fsp3) is 0.400. The van der Waals surface area contributed by atoms with Crippen LogP contribution in [0.3, 0.4) is 0 Å². The van der Waals surface area contributed by atoms with Crippen LogP contribution in [0.25, 0.3) is 0 Å². The van der Waals surface area contributed by atoms with Crippen LogP contribution in [0.4, 0.5) is 6.01 Å². The Labute approximate surface area is 113 Å². The molecule has 0 atom stereocenters. The van der Waals surface area contributed by atoms with E-state index >= 15 is 0 Å². The summed E-state index contributed by atoms with van der Waals surface area (Å²) in [5, 5.41) is 2.91. The van der Waals surface area contributed by atoms with E-state index in [1.54, 1.807) is 7.05 Å². The van der Waals surface area contributed by atoms with Crippen molar-refractivity contribution in [2.45, 2.75) is 26.7 Å². The molecule has 0 saturated heterocycles. The van der Waals surface area contributed by atoms with Crippen LogP contribution in [0.2, 0.25) is 0 Å². The number of hydrogen-bond donors (Lipinski definition) is 1. The number of aromatic nitrogens is 1. The molecule has 0 bridgehead atoms. The molecular weight excluding hydrogens is 240 g/mol. The zero-order valence-corrected chi connectivity index (χ0v) is 11.7. The lowest BCUT2D eigenvalue weighted by atomic mass is 10.1. The second kappa shape index (κ2) is 6.27. The molecule has 0 radical (unpaired) electrons. The van der Waals surface area contributed by atoms with Gasteiger partial charge < -0.3 is 14.5 Å². The molecule has 1 aromatic carbocycles. The molecule has 0 unspecified atom stereocenters. The van der Waals surface area contributed by atoms with Crippen LogP contribution in [0.15, 0.2) is 28.7 Å². The van der Waals surface area contributed by atoms with Gasteiger partial charge in [-0.1, -0.05) is 12.1 Å². The minimum Gasteiger partial charge on any atom is -0.494 e. The first-order valence-corrected chi connectivity index (χ1v) is 6.58. The predicted molar refractivity (Wildman–Crippen MR) is 75.8 cm³/mol. The van der Waals surface area contributed by atoms with Crippen LogP contribution < -0.4 is 10.1 Å². The van der Waals surface area contributed by atoms with Gasteiger partial charge in [0, 0.05) is 7.05 Å². The number of nitrogens with zero attached hydrogens (tertiary/aromatic N) is 1. The molecule has 4 heteroatoms. The monoisotopic (exact) mass is 260 g/mol. The summed E-state index contributed by atoms with van der Waals surface area (Å²) < 4.78 is 11.0. The van der Waals surface area contributed by atoms with Crippen molar-refractivity contribution in [2.75, 3.05) is 19.0 Å². The first kappa shape index (κ1) is 13.5. The molecule has 2 aromatic rings. The zero-order chi connectivity index (χ0) is 13.7. The fourth-order valence-corrected chi connectivity index (χ4v) is 1.99. The quantitative estimate of drug-likeness (QED) is 0.866. The van der Waals surface area contributed by atoms with E-state index < -0.39 is 0 Å². The van der Waals surface area contributed by atoms with Gasteiger partial charge in [0.2, 0.25) is 0 Å². The summed E-state index contributed by atoms with van der Waals surface area (Å²) in [7, 11) is 1.81. The van der Waals surface area contributed by atoms with Gasteiger partial charge in [-0.3, -0.25) is 0 Å². The Bertz CT molecular complexity index is 535. The maximum Gasteiger partial charge on any atom is 0.294 e. The smallest absolute Gasteiger partial charge is 0.294 e. The largest absolute Gasteiger partial charge is 0.494 e. The molecule has 0 aliphatic carbocycles. The van der Waals surface area contributed by atoms with Crippen LogP contribution in [0.5, 0.6) is 5.75 Å². The molecule has 0 fully saturated rings. The molecule has 0 saturated carbocycles. The number of nitrogens with one attached hydrogen (secondary N) is 1. The van der Waals surface area contributed by atoms with Crippen molar-refractivity contribution < 1.29 is 9.15 Å². The maximum absolute atomic E-state index is 5.50. The number of rotatable bonds is 6. The Morgan fingerprint density at radius 1 is 1.32 bits per heavy atom. The third-order valence-corrected chi connectivity index (χ3v) is 2.97. The van der Waals surface area contributed by atoms with E-state index in [2.05, 4.69) is 22.4 Å². The molecule has 0 aliphatic rings. The number of ether oxygens (including phenoxy) is 1. The Hall–Kier alpha value is -1.97. The van der Waals surface area contributed by atoms with E-state index in [-0.39, 0.29) is 0 Å². The van der Waals surface area contributed by atoms with Gasteiger partial charge in [-0.05, 0) is 44.4 Å². The van der Waals surface area contributed by atoms with E-state index in [0.29, 0.717) is 12.6 Å². The summed E-state index contributed by atoms with van der Waals surface area (Å²) in [5.74, 6) is 1.80. The predicted octanol–water partition coefficient (Wildman–Crippen LogP) is 3.21. The topological polar surface area (TPSA) is 47.3 Å². The van der Waals surface area contributed by atoms with E-state index in [1.165, 1.54) is 5.56 Å². The number of hydrogen-bond acceptors (Lipinski definition) is 4. The highest BCUT2D eigenvalue weighted by molar-refractivity contribution is 5.30. The molecule has 2 rings (SSSR count). The molecule has 19 heavy (non-hydrogen) atoms. The van der Waals surface area contributed by atoms with Crippen molar-refractivity contribution in [3.63, 3.8) is 0 Å². The third-order valence-electron chi connectivity index (χ3n) is 2.97. The lowest BCUT2D eigenvalue weighted by molar-refractivity contribution is 0.340. The highest BCUT2D eigenvalue weighted by Crippen LogP contribution is 2.18. The molecule has 1 aromatic heterocycles. The zero-order valence-electron chi connectivity index (χ0n) is 11.7. The fourth-order valence-electron chi connectivity index (χ4n) is 1.99. The van der Waals surface area contributed by atoms with Gasteiger partial charge in [0.05, 0.1) is 12.3 Å². The van der Waals surface area contributed by atoms with E-state index in [9.17, 15) is 0 Å². The van der Waals surface area contributed by atoms with Gasteiger partial charge in [-0.2, -0.15) is 4.98 Å². The lowest BCUT2D eigenvalue weighted by Crippen LogP contribution is -1.96. The maximum atomic E-state index is 5.50. The molecule has 1 heterocycles. The van der Waals surface area contributed by atoms with Crippen molar-refractivity contribution in [2.24, 2.45) is 0 Å². The van der Waals surface area contributed by atoms with Crippen LogP contribution in [0.1, 0.15) is 23.9 Å². The molecule has 102 valence electrons. The van der Waals surface area contributed by atoms with Crippen LogP contribution in [0, 0.1) is 6.92 Å². The molecule has 0 spiro atoms. The Morgan fingerprint density at radius 3 is 2.84 bits per heavy atom. The van der Waals surface area contributed by atoms with Crippen molar-refractivity contribution in [3.8, 4) is 5.75 Å². The number of anilines is 1. The Morgan fingerprint density at radius 2 is 2.16 bits per heavy atom. The van der Waals surface area contributed by atoms with Crippen LogP contribution in [-0.2, 0) is 12.8 Å². The Kier molecular flexibility index (Phi) is 4.44. The SMILES string of the molecule is CCOc1cccc(CCc2nc(NC)oc2C)c1.